The van der Waals surface area contributed by atoms with Gasteiger partial charge in [0.15, 0.2) is 0 Å². The lowest BCUT2D eigenvalue weighted by atomic mass is 10.1. The van der Waals surface area contributed by atoms with Crippen molar-refractivity contribution >= 4 is 46.6 Å². The van der Waals surface area contributed by atoms with E-state index < -0.39 is 5.82 Å². The molecule has 0 bridgehead atoms. The number of halogens is 2. The van der Waals surface area contributed by atoms with Crippen LogP contribution in [0.4, 0.5) is 15.8 Å². The lowest BCUT2D eigenvalue weighted by Crippen LogP contribution is -2.14. The number of carbonyl (C=O) groups is 2. The molecule has 0 radical (unpaired) electrons. The van der Waals surface area contributed by atoms with Gasteiger partial charge in [-0.25, -0.2) is 4.39 Å². The maximum Gasteiger partial charge on any atom is 0.255 e. The zero-order chi connectivity index (χ0) is 20.8. The number of hydrogen-bond acceptors (Lipinski definition) is 3. The molecule has 2 amide bonds. The van der Waals surface area contributed by atoms with Crippen LogP contribution >= 0.6 is 23.4 Å². The molecule has 0 saturated carbocycles. The van der Waals surface area contributed by atoms with Gasteiger partial charge >= 0.3 is 0 Å². The molecule has 0 fully saturated rings. The Morgan fingerprint density at radius 3 is 2.34 bits per heavy atom. The van der Waals surface area contributed by atoms with Crippen LogP contribution in [0, 0.1) is 12.7 Å². The molecule has 3 aromatic rings. The highest BCUT2D eigenvalue weighted by Crippen LogP contribution is 2.23. The van der Waals surface area contributed by atoms with E-state index in [1.54, 1.807) is 18.2 Å². The van der Waals surface area contributed by atoms with E-state index in [0.717, 1.165) is 10.5 Å². The molecule has 0 spiro atoms. The fraction of sp³-hybridized carbons (Fsp3) is 0.0909. The number of hydrogen-bond donors (Lipinski definition) is 2. The van der Waals surface area contributed by atoms with Gasteiger partial charge in [-0.15, -0.1) is 11.8 Å². The molecule has 148 valence electrons. The number of benzene rings is 3. The molecule has 0 aliphatic heterocycles. The van der Waals surface area contributed by atoms with E-state index in [1.807, 2.05) is 37.3 Å². The highest BCUT2D eigenvalue weighted by Gasteiger charge is 2.09. The molecule has 29 heavy (non-hydrogen) atoms. The lowest BCUT2D eigenvalue weighted by molar-refractivity contribution is -0.113. The standard InChI is InChI=1S/C22H18ClFN2O2S/c1-14-4-2-3-5-18(14)22(28)26-15-6-9-17(10-7-15)29-13-21(27)25-16-8-11-20(24)19(23)12-16/h2-12H,13H2,1H3,(H,25,27)(H,26,28). The van der Waals surface area contributed by atoms with Crippen LogP contribution in [-0.4, -0.2) is 17.6 Å². The Bertz CT molecular complexity index is 1040. The molecule has 3 rings (SSSR count). The summed E-state index contributed by atoms with van der Waals surface area (Å²) in [6, 6.07) is 18.6. The summed E-state index contributed by atoms with van der Waals surface area (Å²) in [7, 11) is 0. The molecule has 7 heteroatoms. The second kappa shape index (κ2) is 9.58. The number of amides is 2. The summed E-state index contributed by atoms with van der Waals surface area (Å²) in [5.41, 5.74) is 2.65. The minimum absolute atomic E-state index is 0.0428. The summed E-state index contributed by atoms with van der Waals surface area (Å²) < 4.78 is 13.2. The molecule has 0 atom stereocenters. The third kappa shape index (κ3) is 5.82. The molecule has 3 aromatic carbocycles. The first-order valence-corrected chi connectivity index (χ1v) is 10.1. The van der Waals surface area contributed by atoms with Gasteiger partial charge in [0.2, 0.25) is 5.91 Å². The topological polar surface area (TPSA) is 58.2 Å². The maximum atomic E-state index is 13.2. The van der Waals surface area contributed by atoms with Gasteiger partial charge in [0.25, 0.3) is 5.91 Å². The summed E-state index contributed by atoms with van der Waals surface area (Å²) in [5, 5.41) is 5.49. The molecular formula is C22H18ClFN2O2S. The largest absolute Gasteiger partial charge is 0.325 e. The predicted octanol–water partition coefficient (Wildman–Crippen LogP) is 5.77. The SMILES string of the molecule is Cc1ccccc1C(=O)Nc1ccc(SCC(=O)Nc2ccc(F)c(Cl)c2)cc1. The summed E-state index contributed by atoms with van der Waals surface area (Å²) >= 11 is 7.06. The molecule has 0 aliphatic carbocycles. The van der Waals surface area contributed by atoms with Crippen molar-refractivity contribution in [1.29, 1.82) is 0 Å². The van der Waals surface area contributed by atoms with E-state index >= 15 is 0 Å². The average Bonchev–Trinajstić information content (AvgIpc) is 2.70. The first kappa shape index (κ1) is 20.9. The van der Waals surface area contributed by atoms with Gasteiger partial charge < -0.3 is 10.6 Å². The normalized spacial score (nSPS) is 10.4. The van der Waals surface area contributed by atoms with Crippen molar-refractivity contribution in [3.8, 4) is 0 Å². The highest BCUT2D eigenvalue weighted by atomic mass is 35.5. The summed E-state index contributed by atoms with van der Waals surface area (Å²) in [6.45, 7) is 1.89. The van der Waals surface area contributed by atoms with Gasteiger partial charge in [0.1, 0.15) is 5.82 Å². The Labute approximate surface area is 177 Å². The fourth-order valence-corrected chi connectivity index (χ4v) is 3.46. The van der Waals surface area contributed by atoms with Crippen molar-refractivity contribution in [1.82, 2.24) is 0 Å². The van der Waals surface area contributed by atoms with Crippen LogP contribution in [0.3, 0.4) is 0 Å². The number of anilines is 2. The summed E-state index contributed by atoms with van der Waals surface area (Å²) in [5.74, 6) is -0.742. The quantitative estimate of drug-likeness (QED) is 0.490. The van der Waals surface area contributed by atoms with E-state index in [-0.39, 0.29) is 22.6 Å². The van der Waals surface area contributed by atoms with Gasteiger partial charge in [-0.3, -0.25) is 9.59 Å². The van der Waals surface area contributed by atoms with Gasteiger partial charge in [-0.1, -0.05) is 29.8 Å². The van der Waals surface area contributed by atoms with Crippen molar-refractivity contribution in [2.75, 3.05) is 16.4 Å². The Kier molecular flexibility index (Phi) is 6.90. The first-order chi connectivity index (χ1) is 13.9. The van der Waals surface area contributed by atoms with E-state index in [9.17, 15) is 14.0 Å². The maximum absolute atomic E-state index is 13.2. The molecule has 0 aromatic heterocycles. The lowest BCUT2D eigenvalue weighted by Gasteiger charge is -2.09. The fourth-order valence-electron chi connectivity index (χ4n) is 2.58. The predicted molar refractivity (Wildman–Crippen MR) is 116 cm³/mol. The van der Waals surface area contributed by atoms with E-state index in [1.165, 1.54) is 30.0 Å². The minimum Gasteiger partial charge on any atom is -0.325 e. The van der Waals surface area contributed by atoms with Crippen LogP contribution in [0.1, 0.15) is 15.9 Å². The zero-order valence-electron chi connectivity index (χ0n) is 15.5. The number of carbonyl (C=O) groups excluding carboxylic acids is 2. The van der Waals surface area contributed by atoms with Crippen molar-refractivity contribution < 1.29 is 14.0 Å². The number of rotatable bonds is 6. The second-order valence-corrected chi connectivity index (χ2v) is 7.72. The third-order valence-electron chi connectivity index (χ3n) is 4.08. The molecule has 0 heterocycles. The number of nitrogens with one attached hydrogen (secondary N) is 2. The van der Waals surface area contributed by atoms with Crippen LogP contribution in [-0.2, 0) is 4.79 Å². The molecule has 0 saturated heterocycles. The van der Waals surface area contributed by atoms with Crippen molar-refractivity contribution in [3.05, 3.63) is 88.7 Å². The summed E-state index contributed by atoms with van der Waals surface area (Å²) in [4.78, 5) is 25.3. The Morgan fingerprint density at radius 1 is 0.966 bits per heavy atom. The molecular weight excluding hydrogens is 411 g/mol. The van der Waals surface area contributed by atoms with Crippen molar-refractivity contribution in [2.24, 2.45) is 0 Å². The van der Waals surface area contributed by atoms with Gasteiger partial charge in [-0.2, -0.15) is 0 Å². The monoisotopic (exact) mass is 428 g/mol. The molecule has 2 N–H and O–H groups in total. The van der Waals surface area contributed by atoms with E-state index in [0.29, 0.717) is 16.9 Å². The number of aryl methyl sites for hydroxylation is 1. The van der Waals surface area contributed by atoms with Crippen LogP contribution in [0.25, 0.3) is 0 Å². The van der Waals surface area contributed by atoms with Crippen molar-refractivity contribution in [3.63, 3.8) is 0 Å². The number of thioether (sulfide) groups is 1. The Hall–Kier alpha value is -2.83. The van der Waals surface area contributed by atoms with Crippen LogP contribution < -0.4 is 10.6 Å². The van der Waals surface area contributed by atoms with Crippen molar-refractivity contribution in [2.45, 2.75) is 11.8 Å². The molecule has 0 aliphatic rings. The smallest absolute Gasteiger partial charge is 0.255 e. The minimum atomic E-state index is -0.534. The van der Waals surface area contributed by atoms with Crippen LogP contribution in [0.2, 0.25) is 5.02 Å². The molecule has 0 unspecified atom stereocenters. The molecule has 4 nitrogen and oxygen atoms in total. The third-order valence-corrected chi connectivity index (χ3v) is 5.38. The van der Waals surface area contributed by atoms with Gasteiger partial charge in [0.05, 0.1) is 10.8 Å². The summed E-state index contributed by atoms with van der Waals surface area (Å²) in [6.07, 6.45) is 0. The average molecular weight is 429 g/mol. The zero-order valence-corrected chi connectivity index (χ0v) is 17.1. The highest BCUT2D eigenvalue weighted by molar-refractivity contribution is 8.00. The Balaban J connectivity index is 1.52. The van der Waals surface area contributed by atoms with E-state index in [2.05, 4.69) is 10.6 Å². The Morgan fingerprint density at radius 2 is 1.66 bits per heavy atom. The van der Waals surface area contributed by atoms with Crippen LogP contribution in [0.5, 0.6) is 0 Å². The van der Waals surface area contributed by atoms with Gasteiger partial charge in [0, 0.05) is 21.8 Å². The van der Waals surface area contributed by atoms with Gasteiger partial charge in [-0.05, 0) is 61.0 Å². The second-order valence-electron chi connectivity index (χ2n) is 6.26. The first-order valence-electron chi connectivity index (χ1n) is 8.77. The van der Waals surface area contributed by atoms with E-state index in [4.69, 9.17) is 11.6 Å². The van der Waals surface area contributed by atoms with Crippen LogP contribution in [0.15, 0.2) is 71.6 Å².